The predicted molar refractivity (Wildman–Crippen MR) is 82.3 cm³/mol. The molecule has 2 amide bonds. The van der Waals surface area contributed by atoms with Gasteiger partial charge in [-0.3, -0.25) is 9.59 Å². The highest BCUT2D eigenvalue weighted by molar-refractivity contribution is 5.89. The summed E-state index contributed by atoms with van der Waals surface area (Å²) in [7, 11) is 1.62. The molecule has 0 spiro atoms. The van der Waals surface area contributed by atoms with Gasteiger partial charge in [-0.15, -0.1) is 0 Å². The van der Waals surface area contributed by atoms with Crippen molar-refractivity contribution in [3.8, 4) is 5.75 Å². The van der Waals surface area contributed by atoms with Gasteiger partial charge in [0.25, 0.3) is 0 Å². The van der Waals surface area contributed by atoms with Crippen LogP contribution in [0.2, 0.25) is 0 Å². The molecule has 1 atom stereocenters. The van der Waals surface area contributed by atoms with Gasteiger partial charge >= 0.3 is 0 Å². The van der Waals surface area contributed by atoms with Gasteiger partial charge in [-0.2, -0.15) is 0 Å². The topological polar surface area (TPSA) is 58.6 Å². The zero-order valence-corrected chi connectivity index (χ0v) is 12.9. The Kier molecular flexibility index (Phi) is 4.32. The van der Waals surface area contributed by atoms with Crippen LogP contribution in [0.15, 0.2) is 24.3 Å². The lowest BCUT2D eigenvalue weighted by Crippen LogP contribution is -2.42. The summed E-state index contributed by atoms with van der Waals surface area (Å²) in [4.78, 5) is 26.2. The molecule has 5 nitrogen and oxygen atoms in total. The molecule has 1 aromatic carbocycles. The number of likely N-dealkylation sites (tertiary alicyclic amines) is 1. The van der Waals surface area contributed by atoms with Crippen molar-refractivity contribution in [2.75, 3.05) is 13.7 Å². The van der Waals surface area contributed by atoms with E-state index in [0.29, 0.717) is 25.6 Å². The maximum Gasteiger partial charge on any atom is 0.225 e. The number of benzene rings is 1. The van der Waals surface area contributed by atoms with E-state index < -0.39 is 0 Å². The van der Waals surface area contributed by atoms with Crippen molar-refractivity contribution in [2.45, 2.75) is 38.3 Å². The normalized spacial score (nSPS) is 21.6. The van der Waals surface area contributed by atoms with Gasteiger partial charge in [0, 0.05) is 31.1 Å². The molecule has 1 heterocycles. The number of rotatable bonds is 5. The second-order valence-electron chi connectivity index (χ2n) is 6.06. The fourth-order valence-corrected chi connectivity index (χ4v) is 3.13. The molecule has 2 aliphatic rings. The Morgan fingerprint density at radius 3 is 2.82 bits per heavy atom. The molecule has 2 fully saturated rings. The van der Waals surface area contributed by atoms with Crippen LogP contribution >= 0.6 is 0 Å². The van der Waals surface area contributed by atoms with E-state index in [4.69, 9.17) is 4.74 Å². The summed E-state index contributed by atoms with van der Waals surface area (Å²) in [6, 6.07) is 8.00. The number of nitrogens with zero attached hydrogens (tertiary/aromatic N) is 1. The molecule has 5 heteroatoms. The molecule has 1 aliphatic carbocycles. The average Bonchev–Trinajstić information content (AvgIpc) is 2.85. The van der Waals surface area contributed by atoms with E-state index in [1.54, 1.807) is 7.11 Å². The highest BCUT2D eigenvalue weighted by atomic mass is 16.5. The highest BCUT2D eigenvalue weighted by Crippen LogP contribution is 2.30. The molecule has 1 aromatic rings. The van der Waals surface area contributed by atoms with Crippen molar-refractivity contribution in [3.05, 3.63) is 29.8 Å². The maximum absolute atomic E-state index is 12.3. The minimum atomic E-state index is -0.220. The number of amides is 2. The van der Waals surface area contributed by atoms with Crippen LogP contribution in [-0.2, 0) is 16.1 Å². The smallest absolute Gasteiger partial charge is 0.225 e. The Bertz CT molecular complexity index is 569. The number of ether oxygens (including phenoxy) is 1. The quantitative estimate of drug-likeness (QED) is 0.901. The van der Waals surface area contributed by atoms with E-state index in [2.05, 4.69) is 5.32 Å². The lowest BCUT2D eigenvalue weighted by molar-refractivity contribution is -0.131. The highest BCUT2D eigenvalue weighted by Gasteiger charge is 2.39. The number of para-hydroxylation sites is 1. The molecule has 1 saturated carbocycles. The van der Waals surface area contributed by atoms with Crippen LogP contribution in [0.25, 0.3) is 0 Å². The van der Waals surface area contributed by atoms with Gasteiger partial charge in [-0.05, 0) is 25.3 Å². The monoisotopic (exact) mass is 302 g/mol. The van der Waals surface area contributed by atoms with Crippen LogP contribution < -0.4 is 10.1 Å². The largest absolute Gasteiger partial charge is 0.496 e. The van der Waals surface area contributed by atoms with Gasteiger partial charge in [-0.25, -0.2) is 0 Å². The summed E-state index contributed by atoms with van der Waals surface area (Å²) in [5.74, 6) is 0.632. The summed E-state index contributed by atoms with van der Waals surface area (Å²) in [6.45, 7) is 0.998. The molecule has 1 aliphatic heterocycles. The first-order valence-corrected chi connectivity index (χ1v) is 7.88. The number of nitrogens with one attached hydrogen (secondary N) is 1. The molecule has 118 valence electrons. The molecule has 1 saturated heterocycles. The van der Waals surface area contributed by atoms with Crippen LogP contribution in [0.4, 0.5) is 0 Å². The fraction of sp³-hybridized carbons (Fsp3) is 0.529. The third-order valence-electron chi connectivity index (χ3n) is 4.69. The van der Waals surface area contributed by atoms with Crippen LogP contribution in [-0.4, -0.2) is 36.4 Å². The summed E-state index contributed by atoms with van der Waals surface area (Å²) >= 11 is 0. The first-order valence-electron chi connectivity index (χ1n) is 7.88. The van der Waals surface area contributed by atoms with Crippen LogP contribution in [0.1, 0.15) is 31.2 Å². The predicted octanol–water partition coefficient (Wildman–Crippen LogP) is 1.71. The number of hydrogen-bond acceptors (Lipinski definition) is 3. The standard InChI is InChI=1S/C17H22N2O3/c1-22-15-8-3-2-5-12(15)10-18-17(21)13-9-16(20)19(11-13)14-6-4-7-14/h2-3,5,8,13-14H,4,6-7,9-11H2,1H3,(H,18,21). The van der Waals surface area contributed by atoms with Crippen molar-refractivity contribution < 1.29 is 14.3 Å². The maximum atomic E-state index is 12.3. The summed E-state index contributed by atoms with van der Waals surface area (Å²) in [5.41, 5.74) is 0.943. The Labute approximate surface area is 130 Å². The summed E-state index contributed by atoms with van der Waals surface area (Å²) in [6.07, 6.45) is 3.70. The van der Waals surface area contributed by atoms with Gasteiger partial charge < -0.3 is 15.0 Å². The Balaban J connectivity index is 1.55. The molecule has 1 unspecified atom stereocenters. The van der Waals surface area contributed by atoms with Crippen molar-refractivity contribution in [1.82, 2.24) is 10.2 Å². The van der Waals surface area contributed by atoms with Crippen molar-refractivity contribution in [2.24, 2.45) is 5.92 Å². The first-order chi connectivity index (χ1) is 10.7. The van der Waals surface area contributed by atoms with E-state index in [-0.39, 0.29) is 17.7 Å². The van der Waals surface area contributed by atoms with Crippen molar-refractivity contribution in [3.63, 3.8) is 0 Å². The SMILES string of the molecule is COc1ccccc1CNC(=O)C1CC(=O)N(C2CCC2)C1. The Morgan fingerprint density at radius 1 is 1.36 bits per heavy atom. The molecule has 0 aromatic heterocycles. The molecule has 22 heavy (non-hydrogen) atoms. The van der Waals surface area contributed by atoms with E-state index in [1.807, 2.05) is 29.2 Å². The van der Waals surface area contributed by atoms with Gasteiger partial charge in [0.05, 0.1) is 13.0 Å². The summed E-state index contributed by atoms with van der Waals surface area (Å²) < 4.78 is 5.28. The van der Waals surface area contributed by atoms with Crippen molar-refractivity contribution in [1.29, 1.82) is 0 Å². The van der Waals surface area contributed by atoms with Gasteiger partial charge in [-0.1, -0.05) is 18.2 Å². The number of carbonyl (C=O) groups excluding carboxylic acids is 2. The zero-order chi connectivity index (χ0) is 15.5. The van der Waals surface area contributed by atoms with Gasteiger partial charge in [0.2, 0.25) is 11.8 Å². The second kappa shape index (κ2) is 6.38. The average molecular weight is 302 g/mol. The molecular formula is C17H22N2O3. The lowest BCUT2D eigenvalue weighted by atomic mass is 9.92. The molecular weight excluding hydrogens is 280 g/mol. The number of hydrogen-bond donors (Lipinski definition) is 1. The summed E-state index contributed by atoms with van der Waals surface area (Å²) in [5, 5.41) is 2.93. The molecule has 0 radical (unpaired) electrons. The zero-order valence-electron chi connectivity index (χ0n) is 12.9. The van der Waals surface area contributed by atoms with E-state index in [1.165, 1.54) is 6.42 Å². The Morgan fingerprint density at radius 2 is 2.14 bits per heavy atom. The first kappa shape index (κ1) is 14.9. The third-order valence-corrected chi connectivity index (χ3v) is 4.69. The fourth-order valence-electron chi connectivity index (χ4n) is 3.13. The number of methoxy groups -OCH3 is 1. The number of carbonyl (C=O) groups is 2. The van der Waals surface area contributed by atoms with E-state index in [9.17, 15) is 9.59 Å². The third kappa shape index (κ3) is 2.93. The minimum absolute atomic E-state index is 0.0407. The van der Waals surface area contributed by atoms with E-state index in [0.717, 1.165) is 24.2 Å². The van der Waals surface area contributed by atoms with Gasteiger partial charge in [0.1, 0.15) is 5.75 Å². The van der Waals surface area contributed by atoms with Gasteiger partial charge in [0.15, 0.2) is 0 Å². The van der Waals surface area contributed by atoms with Crippen LogP contribution in [0.3, 0.4) is 0 Å². The molecule has 1 N–H and O–H groups in total. The van der Waals surface area contributed by atoms with Crippen molar-refractivity contribution >= 4 is 11.8 Å². The Hall–Kier alpha value is -2.04. The lowest BCUT2D eigenvalue weighted by Gasteiger charge is -2.34. The second-order valence-corrected chi connectivity index (χ2v) is 6.06. The molecule has 0 bridgehead atoms. The van der Waals surface area contributed by atoms with E-state index >= 15 is 0 Å². The van der Waals surface area contributed by atoms with Crippen LogP contribution in [0, 0.1) is 5.92 Å². The van der Waals surface area contributed by atoms with Crippen LogP contribution in [0.5, 0.6) is 5.75 Å². The minimum Gasteiger partial charge on any atom is -0.496 e. The molecule has 3 rings (SSSR count).